The summed E-state index contributed by atoms with van der Waals surface area (Å²) in [6.07, 6.45) is 0.888. The van der Waals surface area contributed by atoms with E-state index in [4.69, 9.17) is 4.74 Å². The number of methoxy groups -OCH3 is 1. The van der Waals surface area contributed by atoms with Crippen LogP contribution in [0.5, 0.6) is 0 Å². The number of hydrogen-bond acceptors (Lipinski definition) is 3. The van der Waals surface area contributed by atoms with Crippen molar-refractivity contribution in [3.63, 3.8) is 0 Å². The predicted octanol–water partition coefficient (Wildman–Crippen LogP) is 1.45. The predicted molar refractivity (Wildman–Crippen MR) is 56.0 cm³/mol. The number of carbonyl (C=O) groups is 1. The molecule has 0 saturated carbocycles. The van der Waals surface area contributed by atoms with Crippen LogP contribution in [0.25, 0.3) is 0 Å². The van der Waals surface area contributed by atoms with Gasteiger partial charge in [0.2, 0.25) is 0 Å². The van der Waals surface area contributed by atoms with Crippen molar-refractivity contribution in [2.45, 2.75) is 20.3 Å². The topological polar surface area (TPSA) is 29.5 Å². The van der Waals surface area contributed by atoms with E-state index in [0.717, 1.165) is 31.6 Å². The smallest absolute Gasteiger partial charge is 0.316 e. The van der Waals surface area contributed by atoms with Crippen molar-refractivity contribution in [2.75, 3.05) is 26.7 Å². The lowest BCUT2D eigenvalue weighted by molar-refractivity contribution is -0.151. The third kappa shape index (κ3) is 1.82. The summed E-state index contributed by atoms with van der Waals surface area (Å²) >= 11 is 0. The molecule has 1 aliphatic heterocycles. The summed E-state index contributed by atoms with van der Waals surface area (Å²) in [5.74, 6) is -0.166. The maximum Gasteiger partial charge on any atom is 0.316 e. The van der Waals surface area contributed by atoms with Crippen LogP contribution in [0.2, 0.25) is 0 Å². The van der Waals surface area contributed by atoms with Crippen LogP contribution in [-0.4, -0.2) is 37.6 Å². The second kappa shape index (κ2) is 4.13. The van der Waals surface area contributed by atoms with E-state index < -0.39 is 5.41 Å². The molecule has 1 saturated heterocycles. The standard InChI is InChI=1S/C11H19NO2/c1-5-12-7-6-9(2)11(3,8-12)10(13)14-4/h2,5-8H2,1,3-4H3/t11-/m1/s1. The van der Waals surface area contributed by atoms with Crippen LogP contribution in [0.3, 0.4) is 0 Å². The summed E-state index contributed by atoms with van der Waals surface area (Å²) in [4.78, 5) is 13.9. The van der Waals surface area contributed by atoms with Crippen molar-refractivity contribution in [1.82, 2.24) is 4.90 Å². The molecule has 0 radical (unpaired) electrons. The molecule has 0 spiro atoms. The normalized spacial score (nSPS) is 28.9. The van der Waals surface area contributed by atoms with Crippen LogP contribution in [0.4, 0.5) is 0 Å². The van der Waals surface area contributed by atoms with Gasteiger partial charge < -0.3 is 9.64 Å². The first kappa shape index (κ1) is 11.2. The average Bonchev–Trinajstić information content (AvgIpc) is 2.21. The third-order valence-corrected chi connectivity index (χ3v) is 3.13. The largest absolute Gasteiger partial charge is 0.468 e. The highest BCUT2D eigenvalue weighted by atomic mass is 16.5. The highest BCUT2D eigenvalue weighted by molar-refractivity contribution is 5.80. The summed E-state index contributed by atoms with van der Waals surface area (Å²) in [5, 5.41) is 0. The zero-order valence-electron chi connectivity index (χ0n) is 9.30. The number of carbonyl (C=O) groups excluding carboxylic acids is 1. The Labute approximate surface area is 85.7 Å². The molecule has 80 valence electrons. The third-order valence-electron chi connectivity index (χ3n) is 3.13. The zero-order valence-corrected chi connectivity index (χ0v) is 9.30. The molecule has 0 N–H and O–H groups in total. The molecule has 14 heavy (non-hydrogen) atoms. The van der Waals surface area contributed by atoms with Gasteiger partial charge in [0.1, 0.15) is 0 Å². The lowest BCUT2D eigenvalue weighted by Gasteiger charge is -2.39. The quantitative estimate of drug-likeness (QED) is 0.495. The van der Waals surface area contributed by atoms with Gasteiger partial charge in [0.15, 0.2) is 0 Å². The Kier molecular flexibility index (Phi) is 3.32. The first-order valence-corrected chi connectivity index (χ1v) is 5.03. The second-order valence-electron chi connectivity index (χ2n) is 4.05. The molecule has 3 nitrogen and oxygen atoms in total. The van der Waals surface area contributed by atoms with Crippen molar-refractivity contribution >= 4 is 5.97 Å². The molecule has 1 fully saturated rings. The van der Waals surface area contributed by atoms with E-state index in [1.165, 1.54) is 7.11 Å². The molecule has 0 aromatic carbocycles. The number of esters is 1. The molecule has 1 aliphatic rings. The number of hydrogen-bond donors (Lipinski definition) is 0. The Morgan fingerprint density at radius 1 is 1.71 bits per heavy atom. The zero-order chi connectivity index (χ0) is 10.8. The fourth-order valence-corrected chi connectivity index (χ4v) is 1.91. The Morgan fingerprint density at radius 3 is 2.86 bits per heavy atom. The lowest BCUT2D eigenvalue weighted by atomic mass is 9.78. The summed E-state index contributed by atoms with van der Waals surface area (Å²) in [5.41, 5.74) is 0.484. The molecule has 0 aromatic rings. The van der Waals surface area contributed by atoms with E-state index in [9.17, 15) is 4.79 Å². The summed E-state index contributed by atoms with van der Waals surface area (Å²) < 4.78 is 4.83. The molecule has 0 bridgehead atoms. The first-order valence-electron chi connectivity index (χ1n) is 5.03. The van der Waals surface area contributed by atoms with Crippen LogP contribution in [-0.2, 0) is 9.53 Å². The van der Waals surface area contributed by atoms with Crippen LogP contribution in [0.1, 0.15) is 20.3 Å². The van der Waals surface area contributed by atoms with E-state index in [-0.39, 0.29) is 5.97 Å². The van der Waals surface area contributed by atoms with Crippen LogP contribution in [0.15, 0.2) is 12.2 Å². The molecule has 0 amide bonds. The van der Waals surface area contributed by atoms with Gasteiger partial charge in [0.05, 0.1) is 12.5 Å². The van der Waals surface area contributed by atoms with Crippen molar-refractivity contribution in [3.05, 3.63) is 12.2 Å². The van der Waals surface area contributed by atoms with E-state index >= 15 is 0 Å². The fourth-order valence-electron chi connectivity index (χ4n) is 1.91. The van der Waals surface area contributed by atoms with Crippen molar-refractivity contribution < 1.29 is 9.53 Å². The van der Waals surface area contributed by atoms with Crippen LogP contribution in [0, 0.1) is 5.41 Å². The van der Waals surface area contributed by atoms with Gasteiger partial charge in [-0.1, -0.05) is 19.1 Å². The maximum absolute atomic E-state index is 11.7. The Morgan fingerprint density at radius 2 is 2.36 bits per heavy atom. The van der Waals surface area contributed by atoms with E-state index in [2.05, 4.69) is 18.4 Å². The minimum atomic E-state index is -0.511. The molecule has 1 rings (SSSR count). The van der Waals surface area contributed by atoms with Crippen LogP contribution < -0.4 is 0 Å². The van der Waals surface area contributed by atoms with E-state index in [0.29, 0.717) is 0 Å². The Bertz CT molecular complexity index is 240. The van der Waals surface area contributed by atoms with Gasteiger partial charge in [0, 0.05) is 13.1 Å². The Balaban J connectivity index is 2.82. The summed E-state index contributed by atoms with van der Waals surface area (Å²) in [6, 6.07) is 0. The number of likely N-dealkylation sites (tertiary alicyclic amines) is 1. The van der Waals surface area contributed by atoms with Crippen molar-refractivity contribution in [2.24, 2.45) is 5.41 Å². The molecule has 0 unspecified atom stereocenters. The monoisotopic (exact) mass is 197 g/mol. The SMILES string of the molecule is C=C1CCN(CC)C[C@@]1(C)C(=O)OC. The fraction of sp³-hybridized carbons (Fsp3) is 0.727. The van der Waals surface area contributed by atoms with Crippen molar-refractivity contribution in [3.8, 4) is 0 Å². The van der Waals surface area contributed by atoms with Gasteiger partial charge >= 0.3 is 5.97 Å². The lowest BCUT2D eigenvalue weighted by Crippen LogP contribution is -2.47. The van der Waals surface area contributed by atoms with Gasteiger partial charge in [-0.2, -0.15) is 0 Å². The first-order chi connectivity index (χ1) is 6.54. The van der Waals surface area contributed by atoms with Gasteiger partial charge in [-0.25, -0.2) is 0 Å². The highest BCUT2D eigenvalue weighted by Crippen LogP contribution is 2.34. The number of rotatable bonds is 2. The van der Waals surface area contributed by atoms with E-state index in [1.54, 1.807) is 0 Å². The number of ether oxygens (including phenoxy) is 1. The minimum Gasteiger partial charge on any atom is -0.468 e. The van der Waals surface area contributed by atoms with Gasteiger partial charge in [-0.3, -0.25) is 4.79 Å². The van der Waals surface area contributed by atoms with Crippen LogP contribution >= 0.6 is 0 Å². The van der Waals surface area contributed by atoms with Gasteiger partial charge in [0.25, 0.3) is 0 Å². The molecular weight excluding hydrogens is 178 g/mol. The average molecular weight is 197 g/mol. The van der Waals surface area contributed by atoms with Gasteiger partial charge in [-0.15, -0.1) is 0 Å². The highest BCUT2D eigenvalue weighted by Gasteiger charge is 2.41. The molecule has 1 heterocycles. The number of nitrogens with zero attached hydrogens (tertiary/aromatic N) is 1. The number of piperidine rings is 1. The minimum absolute atomic E-state index is 0.166. The maximum atomic E-state index is 11.7. The molecule has 3 heteroatoms. The summed E-state index contributed by atoms with van der Waals surface area (Å²) in [7, 11) is 1.44. The van der Waals surface area contributed by atoms with Crippen molar-refractivity contribution in [1.29, 1.82) is 0 Å². The molecular formula is C11H19NO2. The molecule has 0 aliphatic carbocycles. The van der Waals surface area contributed by atoms with Gasteiger partial charge in [-0.05, 0) is 19.9 Å². The van der Waals surface area contributed by atoms with E-state index in [1.807, 2.05) is 6.92 Å². The molecule has 1 atom stereocenters. The summed E-state index contributed by atoms with van der Waals surface area (Å²) in [6.45, 7) is 10.7. The Hall–Kier alpha value is -0.830. The second-order valence-corrected chi connectivity index (χ2v) is 4.05. The molecule has 0 aromatic heterocycles.